The number of amides is 1. The van der Waals surface area contributed by atoms with E-state index < -0.39 is 5.82 Å². The van der Waals surface area contributed by atoms with Crippen molar-refractivity contribution in [3.05, 3.63) is 52.7 Å². The minimum Gasteiger partial charge on any atom is -0.370 e. The van der Waals surface area contributed by atoms with Crippen molar-refractivity contribution in [2.45, 2.75) is 19.3 Å². The van der Waals surface area contributed by atoms with Gasteiger partial charge in [0.1, 0.15) is 5.82 Å². The molecule has 1 aromatic carbocycles. The molecule has 1 aromatic heterocycles. The summed E-state index contributed by atoms with van der Waals surface area (Å²) in [5.74, 6) is -0.480. The second kappa shape index (κ2) is 7.25. The minimum atomic E-state index is -0.439. The Morgan fingerprint density at radius 3 is 3.04 bits per heavy atom. The number of halogens is 1. The van der Waals surface area contributed by atoms with Crippen LogP contribution < -0.4 is 15.8 Å². The number of rotatable bonds is 4. The average molecular weight is 330 g/mol. The standard InChI is InChI=1S/C17H19FN4O2/c18-14-5-1-2-6-15(14)20-16(23)8-12-4-3-7-22(11-12)13-9-17(24)21-19-10-13/h1-2,5-6,9-10,12H,3-4,7-8,11H2,(H,20,23)(H,21,24). The number of carbonyl (C=O) groups is 1. The first-order valence-electron chi connectivity index (χ1n) is 7.96. The van der Waals surface area contributed by atoms with Crippen molar-refractivity contribution < 1.29 is 9.18 Å². The third-order valence-electron chi connectivity index (χ3n) is 4.16. The van der Waals surface area contributed by atoms with Crippen molar-refractivity contribution in [2.24, 2.45) is 5.92 Å². The molecular weight excluding hydrogens is 311 g/mol. The van der Waals surface area contributed by atoms with Crippen LogP contribution >= 0.6 is 0 Å². The monoisotopic (exact) mass is 330 g/mol. The lowest BCUT2D eigenvalue weighted by molar-refractivity contribution is -0.117. The normalized spacial score (nSPS) is 17.5. The van der Waals surface area contributed by atoms with E-state index in [4.69, 9.17) is 0 Å². The number of hydrogen-bond donors (Lipinski definition) is 2. The summed E-state index contributed by atoms with van der Waals surface area (Å²) >= 11 is 0. The zero-order chi connectivity index (χ0) is 16.9. The molecule has 24 heavy (non-hydrogen) atoms. The van der Waals surface area contributed by atoms with Gasteiger partial charge in [0.25, 0.3) is 5.56 Å². The Morgan fingerprint density at radius 2 is 2.25 bits per heavy atom. The Bertz CT molecular complexity index is 777. The van der Waals surface area contributed by atoms with Crippen molar-refractivity contribution >= 4 is 17.3 Å². The molecule has 1 atom stereocenters. The minimum absolute atomic E-state index is 0.157. The number of anilines is 2. The number of piperidine rings is 1. The Labute approximate surface area is 138 Å². The van der Waals surface area contributed by atoms with Crippen LogP contribution in [0, 0.1) is 11.7 Å². The molecule has 2 heterocycles. The van der Waals surface area contributed by atoms with E-state index in [1.807, 2.05) is 0 Å². The molecule has 3 rings (SSSR count). The van der Waals surface area contributed by atoms with Crippen molar-refractivity contribution in [3.63, 3.8) is 0 Å². The number of carbonyl (C=O) groups excluding carboxylic acids is 1. The fraction of sp³-hybridized carbons (Fsp3) is 0.353. The van der Waals surface area contributed by atoms with Crippen LogP contribution in [-0.4, -0.2) is 29.2 Å². The molecule has 1 aliphatic heterocycles. The van der Waals surface area contributed by atoms with E-state index in [-0.39, 0.29) is 23.1 Å². The number of para-hydroxylation sites is 1. The van der Waals surface area contributed by atoms with Gasteiger partial charge in [0.05, 0.1) is 17.6 Å². The highest BCUT2D eigenvalue weighted by molar-refractivity contribution is 5.91. The molecule has 2 aromatic rings. The van der Waals surface area contributed by atoms with E-state index in [0.717, 1.165) is 25.1 Å². The molecule has 0 radical (unpaired) electrons. The molecule has 0 saturated carbocycles. The number of benzene rings is 1. The van der Waals surface area contributed by atoms with Crippen LogP contribution in [0.25, 0.3) is 0 Å². The lowest BCUT2D eigenvalue weighted by Gasteiger charge is -2.33. The molecule has 1 unspecified atom stereocenters. The van der Waals surface area contributed by atoms with Gasteiger partial charge in [-0.15, -0.1) is 0 Å². The number of nitrogens with zero attached hydrogens (tertiary/aromatic N) is 2. The predicted octanol–water partition coefficient (Wildman–Crippen LogP) is 2.15. The van der Waals surface area contributed by atoms with Crippen molar-refractivity contribution in [1.82, 2.24) is 10.2 Å². The van der Waals surface area contributed by atoms with Gasteiger partial charge < -0.3 is 10.2 Å². The number of nitrogens with one attached hydrogen (secondary N) is 2. The van der Waals surface area contributed by atoms with Crippen LogP contribution in [0.5, 0.6) is 0 Å². The van der Waals surface area contributed by atoms with E-state index in [2.05, 4.69) is 20.4 Å². The van der Waals surface area contributed by atoms with E-state index in [9.17, 15) is 14.0 Å². The summed E-state index contributed by atoms with van der Waals surface area (Å²) in [5, 5.41) is 8.79. The highest BCUT2D eigenvalue weighted by atomic mass is 19.1. The molecule has 7 heteroatoms. The van der Waals surface area contributed by atoms with Gasteiger partial charge in [0.2, 0.25) is 5.91 Å². The van der Waals surface area contributed by atoms with Crippen molar-refractivity contribution in [1.29, 1.82) is 0 Å². The van der Waals surface area contributed by atoms with Gasteiger partial charge in [-0.3, -0.25) is 9.59 Å². The SMILES string of the molecule is O=C(CC1CCCN(c2cn[nH]c(=O)c2)C1)Nc1ccccc1F. The Hall–Kier alpha value is -2.70. The van der Waals surface area contributed by atoms with Gasteiger partial charge in [-0.1, -0.05) is 12.1 Å². The van der Waals surface area contributed by atoms with Gasteiger partial charge in [0, 0.05) is 25.6 Å². The van der Waals surface area contributed by atoms with E-state index in [1.165, 1.54) is 12.1 Å². The van der Waals surface area contributed by atoms with Crippen LogP contribution in [0.4, 0.5) is 15.8 Å². The summed E-state index contributed by atoms with van der Waals surface area (Å²) in [7, 11) is 0. The van der Waals surface area contributed by atoms with Gasteiger partial charge in [-0.25, -0.2) is 9.49 Å². The molecule has 6 nitrogen and oxygen atoms in total. The van der Waals surface area contributed by atoms with Crippen LogP contribution in [0.3, 0.4) is 0 Å². The molecule has 1 amide bonds. The zero-order valence-electron chi connectivity index (χ0n) is 13.2. The van der Waals surface area contributed by atoms with Crippen LogP contribution in [0.15, 0.2) is 41.3 Å². The Kier molecular flexibility index (Phi) is 4.88. The number of hydrogen-bond acceptors (Lipinski definition) is 4. The number of aromatic nitrogens is 2. The summed E-state index contributed by atoms with van der Waals surface area (Å²) < 4.78 is 13.6. The summed E-state index contributed by atoms with van der Waals surface area (Å²) in [6.45, 7) is 1.51. The molecule has 0 bridgehead atoms. The summed E-state index contributed by atoms with van der Waals surface area (Å²) in [4.78, 5) is 25.6. The number of aromatic amines is 1. The number of H-pyrrole nitrogens is 1. The maximum Gasteiger partial charge on any atom is 0.266 e. The fourth-order valence-electron chi connectivity index (χ4n) is 3.03. The first-order valence-corrected chi connectivity index (χ1v) is 7.96. The van der Waals surface area contributed by atoms with Crippen molar-refractivity contribution in [2.75, 3.05) is 23.3 Å². The van der Waals surface area contributed by atoms with E-state index in [0.29, 0.717) is 13.0 Å². The third-order valence-corrected chi connectivity index (χ3v) is 4.16. The van der Waals surface area contributed by atoms with E-state index in [1.54, 1.807) is 24.4 Å². The molecule has 1 aliphatic rings. The van der Waals surface area contributed by atoms with Gasteiger partial charge >= 0.3 is 0 Å². The lowest BCUT2D eigenvalue weighted by atomic mass is 9.94. The Morgan fingerprint density at radius 1 is 1.42 bits per heavy atom. The molecule has 2 N–H and O–H groups in total. The molecule has 126 valence electrons. The third kappa shape index (κ3) is 3.98. The fourth-order valence-corrected chi connectivity index (χ4v) is 3.03. The quantitative estimate of drug-likeness (QED) is 0.900. The van der Waals surface area contributed by atoms with Gasteiger partial charge in [-0.2, -0.15) is 5.10 Å². The van der Waals surface area contributed by atoms with E-state index >= 15 is 0 Å². The summed E-state index contributed by atoms with van der Waals surface area (Å²) in [6, 6.07) is 7.63. The summed E-state index contributed by atoms with van der Waals surface area (Å²) in [5.41, 5.74) is 0.721. The Balaban J connectivity index is 1.60. The highest BCUT2D eigenvalue weighted by Gasteiger charge is 2.23. The van der Waals surface area contributed by atoms with Crippen LogP contribution in [0.2, 0.25) is 0 Å². The lowest BCUT2D eigenvalue weighted by Crippen LogP contribution is -2.37. The smallest absolute Gasteiger partial charge is 0.266 e. The molecule has 1 fully saturated rings. The second-order valence-electron chi connectivity index (χ2n) is 5.99. The topological polar surface area (TPSA) is 78.1 Å². The van der Waals surface area contributed by atoms with Crippen molar-refractivity contribution in [3.8, 4) is 0 Å². The molecular formula is C17H19FN4O2. The van der Waals surface area contributed by atoms with Crippen LogP contribution in [-0.2, 0) is 4.79 Å². The maximum atomic E-state index is 13.6. The molecule has 1 saturated heterocycles. The molecule has 0 spiro atoms. The summed E-state index contributed by atoms with van der Waals surface area (Å²) in [6.07, 6.45) is 3.80. The maximum absolute atomic E-state index is 13.6. The van der Waals surface area contributed by atoms with Crippen LogP contribution in [0.1, 0.15) is 19.3 Å². The second-order valence-corrected chi connectivity index (χ2v) is 5.99. The first kappa shape index (κ1) is 16.2. The average Bonchev–Trinajstić information content (AvgIpc) is 2.57. The predicted molar refractivity (Wildman–Crippen MR) is 89.4 cm³/mol. The molecule has 0 aliphatic carbocycles. The van der Waals surface area contributed by atoms with Gasteiger partial charge in [-0.05, 0) is 30.9 Å². The zero-order valence-corrected chi connectivity index (χ0v) is 13.2. The van der Waals surface area contributed by atoms with Gasteiger partial charge in [0.15, 0.2) is 0 Å². The largest absolute Gasteiger partial charge is 0.370 e. The highest BCUT2D eigenvalue weighted by Crippen LogP contribution is 2.24. The first-order chi connectivity index (χ1) is 11.6.